The molecule has 2 aromatic carbocycles. The van der Waals surface area contributed by atoms with Gasteiger partial charge in [-0.2, -0.15) is 0 Å². The van der Waals surface area contributed by atoms with Crippen LogP contribution in [0.15, 0.2) is 83.8 Å². The van der Waals surface area contributed by atoms with Gasteiger partial charge in [0.25, 0.3) is 0 Å². The fourth-order valence-electron chi connectivity index (χ4n) is 5.55. The number of phenolic OH excluding ortho intramolecular Hbond substituents is 1. The zero-order valence-corrected chi connectivity index (χ0v) is 27.6. The van der Waals surface area contributed by atoms with Crippen molar-refractivity contribution >= 4 is 12.2 Å². The second-order valence-corrected chi connectivity index (χ2v) is 12.5. The standard InChI is InChI=1S/C40H49FO4/c1-28(2)11-21-36-39(44-5)25-33(16-14-31-17-19-34(41)20-18-31)26-40(36)45-27-29(3)12-22-35-37(42)23-32(24-38(35)43-4)15-13-30-9-7-6-8-10-30/h6-7,9,13-17,19,23-26,28-29,42H,8,10-12,18,20-22,27H2,1-5H3. The van der Waals surface area contributed by atoms with Crippen LogP contribution in [-0.4, -0.2) is 25.9 Å². The highest BCUT2D eigenvalue weighted by Crippen LogP contribution is 2.35. The summed E-state index contributed by atoms with van der Waals surface area (Å²) in [6, 6.07) is 7.95. The molecule has 5 heteroatoms. The van der Waals surface area contributed by atoms with Crippen LogP contribution in [0.3, 0.4) is 0 Å². The van der Waals surface area contributed by atoms with Crippen molar-refractivity contribution in [2.45, 2.75) is 72.1 Å². The van der Waals surface area contributed by atoms with Gasteiger partial charge in [-0.15, -0.1) is 0 Å². The van der Waals surface area contributed by atoms with Gasteiger partial charge in [0.15, 0.2) is 0 Å². The van der Waals surface area contributed by atoms with E-state index in [1.54, 1.807) is 20.3 Å². The number of hydrogen-bond acceptors (Lipinski definition) is 4. The highest BCUT2D eigenvalue weighted by molar-refractivity contribution is 5.62. The third-order valence-corrected chi connectivity index (χ3v) is 8.38. The first-order valence-electron chi connectivity index (χ1n) is 16.3. The fraction of sp³-hybridized carbons (Fsp3) is 0.400. The molecule has 0 heterocycles. The van der Waals surface area contributed by atoms with Crippen LogP contribution in [0, 0.1) is 11.8 Å². The lowest BCUT2D eigenvalue weighted by Crippen LogP contribution is -2.12. The Hall–Kier alpha value is -3.99. The Balaban J connectivity index is 1.45. The van der Waals surface area contributed by atoms with Gasteiger partial charge in [-0.25, -0.2) is 4.39 Å². The van der Waals surface area contributed by atoms with Gasteiger partial charge in [0.2, 0.25) is 0 Å². The van der Waals surface area contributed by atoms with Crippen LogP contribution in [0.25, 0.3) is 12.2 Å². The molecule has 0 aliphatic heterocycles. The number of allylic oxidation sites excluding steroid dienone is 10. The first-order chi connectivity index (χ1) is 21.7. The summed E-state index contributed by atoms with van der Waals surface area (Å²) in [6.45, 7) is 7.15. The number of methoxy groups -OCH3 is 2. The van der Waals surface area contributed by atoms with E-state index in [1.807, 2.05) is 36.4 Å². The molecule has 0 bridgehead atoms. The van der Waals surface area contributed by atoms with Crippen LogP contribution >= 0.6 is 0 Å². The molecule has 0 saturated carbocycles. The number of hydrogen-bond donors (Lipinski definition) is 1. The average Bonchev–Trinajstić information content (AvgIpc) is 3.04. The van der Waals surface area contributed by atoms with E-state index in [2.05, 4.69) is 57.2 Å². The number of halogens is 1. The smallest absolute Gasteiger partial charge is 0.126 e. The number of rotatable bonds is 15. The molecule has 2 aromatic rings. The molecule has 2 aliphatic carbocycles. The molecule has 0 saturated heterocycles. The normalized spacial score (nSPS) is 15.8. The van der Waals surface area contributed by atoms with Gasteiger partial charge < -0.3 is 19.3 Å². The quantitative estimate of drug-likeness (QED) is 0.217. The van der Waals surface area contributed by atoms with E-state index < -0.39 is 0 Å². The number of phenols is 1. The van der Waals surface area contributed by atoms with Gasteiger partial charge >= 0.3 is 0 Å². The summed E-state index contributed by atoms with van der Waals surface area (Å²) in [7, 11) is 3.36. The maximum absolute atomic E-state index is 13.4. The molecule has 0 spiro atoms. The molecular formula is C40H49FO4. The van der Waals surface area contributed by atoms with E-state index in [1.165, 1.54) is 5.57 Å². The lowest BCUT2D eigenvalue weighted by molar-refractivity contribution is 0.247. The molecule has 2 aliphatic rings. The maximum atomic E-state index is 13.4. The van der Waals surface area contributed by atoms with Crippen LogP contribution < -0.4 is 14.2 Å². The first kappa shape index (κ1) is 33.9. The molecule has 0 aromatic heterocycles. The van der Waals surface area contributed by atoms with Crippen molar-refractivity contribution in [3.8, 4) is 23.0 Å². The molecule has 0 radical (unpaired) electrons. The van der Waals surface area contributed by atoms with Gasteiger partial charge in [-0.1, -0.05) is 69.4 Å². The zero-order chi connectivity index (χ0) is 32.2. The zero-order valence-electron chi connectivity index (χ0n) is 27.6. The molecule has 4 nitrogen and oxygen atoms in total. The third kappa shape index (κ3) is 10.3. The van der Waals surface area contributed by atoms with Gasteiger partial charge in [0.1, 0.15) is 28.8 Å². The molecule has 1 atom stereocenters. The van der Waals surface area contributed by atoms with E-state index in [0.717, 1.165) is 71.4 Å². The number of ether oxygens (including phenoxy) is 3. The Morgan fingerprint density at radius 1 is 0.756 bits per heavy atom. The summed E-state index contributed by atoms with van der Waals surface area (Å²) >= 11 is 0. The Kier molecular flexibility index (Phi) is 12.7. The molecule has 4 rings (SSSR count). The number of aromatic hydroxyl groups is 1. The van der Waals surface area contributed by atoms with Gasteiger partial charge in [-0.3, -0.25) is 0 Å². The first-order valence-corrected chi connectivity index (χ1v) is 16.3. The topological polar surface area (TPSA) is 47.9 Å². The molecule has 1 unspecified atom stereocenters. The Labute approximate surface area is 269 Å². The largest absolute Gasteiger partial charge is 0.508 e. The van der Waals surface area contributed by atoms with Crippen molar-refractivity contribution in [1.29, 1.82) is 0 Å². The third-order valence-electron chi connectivity index (χ3n) is 8.38. The lowest BCUT2D eigenvalue weighted by atomic mass is 9.97. The Morgan fingerprint density at radius 3 is 2.02 bits per heavy atom. The van der Waals surface area contributed by atoms with E-state index in [0.29, 0.717) is 37.5 Å². The monoisotopic (exact) mass is 612 g/mol. The van der Waals surface area contributed by atoms with E-state index in [4.69, 9.17) is 14.2 Å². The fourth-order valence-corrected chi connectivity index (χ4v) is 5.55. The molecule has 0 fully saturated rings. The summed E-state index contributed by atoms with van der Waals surface area (Å²) < 4.78 is 31.5. The minimum Gasteiger partial charge on any atom is -0.508 e. The summed E-state index contributed by atoms with van der Waals surface area (Å²) in [5.74, 6) is 3.33. The Morgan fingerprint density at radius 2 is 1.40 bits per heavy atom. The summed E-state index contributed by atoms with van der Waals surface area (Å²) in [5.41, 5.74) is 6.17. The van der Waals surface area contributed by atoms with Crippen molar-refractivity contribution in [2.24, 2.45) is 11.8 Å². The van der Waals surface area contributed by atoms with Gasteiger partial charge in [-0.05, 0) is 109 Å². The summed E-state index contributed by atoms with van der Waals surface area (Å²) in [6.07, 6.45) is 24.6. The Bertz CT molecular complexity index is 1490. The summed E-state index contributed by atoms with van der Waals surface area (Å²) in [4.78, 5) is 0. The van der Waals surface area contributed by atoms with Crippen molar-refractivity contribution in [1.82, 2.24) is 0 Å². The molecular weight excluding hydrogens is 563 g/mol. The van der Waals surface area contributed by atoms with E-state index in [9.17, 15) is 9.50 Å². The second-order valence-electron chi connectivity index (χ2n) is 12.5. The van der Waals surface area contributed by atoms with Crippen LogP contribution in [0.4, 0.5) is 4.39 Å². The van der Waals surface area contributed by atoms with Crippen LogP contribution in [0.5, 0.6) is 23.0 Å². The SMILES string of the molecule is COc1cc(C=CC2=CC=CCC2)cc(O)c1CCC(C)COc1cc(C=CC2=CC=C(F)CC2)cc(OC)c1CCC(C)C. The van der Waals surface area contributed by atoms with Gasteiger partial charge in [0, 0.05) is 17.5 Å². The van der Waals surface area contributed by atoms with Crippen molar-refractivity contribution in [3.63, 3.8) is 0 Å². The maximum Gasteiger partial charge on any atom is 0.126 e. The lowest BCUT2D eigenvalue weighted by Gasteiger charge is -2.20. The predicted molar refractivity (Wildman–Crippen MR) is 185 cm³/mol. The summed E-state index contributed by atoms with van der Waals surface area (Å²) in [5, 5.41) is 10.9. The highest BCUT2D eigenvalue weighted by Gasteiger charge is 2.17. The molecule has 1 N–H and O–H groups in total. The van der Waals surface area contributed by atoms with Gasteiger partial charge in [0.05, 0.1) is 20.8 Å². The van der Waals surface area contributed by atoms with Crippen molar-refractivity contribution < 1.29 is 23.7 Å². The predicted octanol–water partition coefficient (Wildman–Crippen LogP) is 10.5. The van der Waals surface area contributed by atoms with Crippen LogP contribution in [0.2, 0.25) is 0 Å². The van der Waals surface area contributed by atoms with Crippen LogP contribution in [0.1, 0.15) is 81.5 Å². The van der Waals surface area contributed by atoms with E-state index in [-0.39, 0.29) is 17.5 Å². The molecule has 0 amide bonds. The van der Waals surface area contributed by atoms with Crippen molar-refractivity contribution in [2.75, 3.05) is 20.8 Å². The molecule has 240 valence electrons. The molecule has 45 heavy (non-hydrogen) atoms. The highest BCUT2D eigenvalue weighted by atomic mass is 19.1. The van der Waals surface area contributed by atoms with Crippen LogP contribution in [-0.2, 0) is 12.8 Å². The number of benzene rings is 2. The average molecular weight is 613 g/mol. The second kappa shape index (κ2) is 16.9. The minimum atomic E-state index is -0.0723. The van der Waals surface area contributed by atoms with Crippen molar-refractivity contribution in [3.05, 3.63) is 106 Å². The minimum absolute atomic E-state index is 0.0723. The van der Waals surface area contributed by atoms with E-state index >= 15 is 0 Å².